The molecule has 96 valence electrons. The fraction of sp³-hybridized carbons (Fsp3) is 0.400. The van der Waals surface area contributed by atoms with E-state index in [1.807, 2.05) is 0 Å². The van der Waals surface area contributed by atoms with Gasteiger partial charge in [-0.3, -0.25) is 0 Å². The molecule has 4 nitrogen and oxygen atoms in total. The highest BCUT2D eigenvalue weighted by Crippen LogP contribution is 2.15. The highest BCUT2D eigenvalue weighted by atomic mass is 32.2. The summed E-state index contributed by atoms with van der Waals surface area (Å²) in [6.45, 7) is 0.624. The van der Waals surface area contributed by atoms with Crippen LogP contribution in [0.2, 0.25) is 0 Å². The molecule has 0 aliphatic heterocycles. The van der Waals surface area contributed by atoms with Gasteiger partial charge in [-0.15, -0.1) is 0 Å². The number of alkyl halides is 2. The summed E-state index contributed by atoms with van der Waals surface area (Å²) in [4.78, 5) is -0.109. The monoisotopic (exact) mass is 265 g/mol. The van der Waals surface area contributed by atoms with E-state index in [9.17, 15) is 22.3 Å². The molecular formula is C10H13F2NO3S. The summed E-state index contributed by atoms with van der Waals surface area (Å²) in [7, 11) is -3.91. The van der Waals surface area contributed by atoms with Crippen LogP contribution < -0.4 is 4.72 Å². The average molecular weight is 265 g/mol. The molecule has 0 spiro atoms. The summed E-state index contributed by atoms with van der Waals surface area (Å²) in [6.07, 6.45) is -3.44. The highest BCUT2D eigenvalue weighted by molar-refractivity contribution is 7.89. The quantitative estimate of drug-likeness (QED) is 0.843. The van der Waals surface area contributed by atoms with Gasteiger partial charge in [-0.25, -0.2) is 21.9 Å². The summed E-state index contributed by atoms with van der Waals surface area (Å²) in [5, 5.41) is 9.23. The average Bonchev–Trinajstić information content (AvgIpc) is 2.27. The molecule has 0 radical (unpaired) electrons. The molecule has 7 heteroatoms. The van der Waals surface area contributed by atoms with Gasteiger partial charge in [0.2, 0.25) is 10.0 Å². The highest BCUT2D eigenvalue weighted by Gasteiger charge is 2.16. The van der Waals surface area contributed by atoms with Crippen molar-refractivity contribution in [3.8, 4) is 0 Å². The first-order chi connectivity index (χ1) is 7.83. The predicted octanol–water partition coefficient (Wildman–Crippen LogP) is 1.28. The molecule has 0 amide bonds. The van der Waals surface area contributed by atoms with Gasteiger partial charge in [-0.05, 0) is 24.6 Å². The molecule has 0 saturated heterocycles. The molecular weight excluding hydrogens is 252 g/mol. The largest absolute Gasteiger partial charge is 0.389 e. The van der Waals surface area contributed by atoms with Gasteiger partial charge in [0.05, 0.1) is 17.5 Å². The minimum atomic E-state index is -3.91. The summed E-state index contributed by atoms with van der Waals surface area (Å²) in [6, 6.07) is 5.38. The van der Waals surface area contributed by atoms with E-state index in [4.69, 9.17) is 0 Å². The van der Waals surface area contributed by atoms with Gasteiger partial charge in [0.25, 0.3) is 6.43 Å². The Labute approximate surface area is 98.3 Å². The zero-order valence-electron chi connectivity index (χ0n) is 9.10. The Balaban J connectivity index is 2.85. The maximum absolute atomic E-state index is 11.9. The molecule has 17 heavy (non-hydrogen) atoms. The third-order valence-corrected chi connectivity index (χ3v) is 3.54. The zero-order valence-corrected chi connectivity index (χ0v) is 9.92. The Morgan fingerprint density at radius 3 is 2.24 bits per heavy atom. The van der Waals surface area contributed by atoms with Gasteiger partial charge >= 0.3 is 0 Å². The van der Waals surface area contributed by atoms with Crippen molar-refractivity contribution in [2.24, 2.45) is 0 Å². The number of nitrogens with one attached hydrogen (secondary N) is 1. The van der Waals surface area contributed by atoms with Crippen molar-refractivity contribution >= 4 is 10.0 Å². The number of rotatable bonds is 5. The fourth-order valence-electron chi connectivity index (χ4n) is 1.18. The molecule has 0 aliphatic carbocycles. The standard InChI is InChI=1S/C10H13F2NO3S/c1-7(14)8-2-4-9(5-3-8)17(15,16)13-6-10(11)12/h2-5,7,10,13-14H,6H2,1H3. The van der Waals surface area contributed by atoms with Crippen molar-refractivity contribution in [1.29, 1.82) is 0 Å². The minimum absolute atomic E-state index is 0.109. The van der Waals surface area contributed by atoms with Crippen molar-refractivity contribution in [2.75, 3.05) is 6.54 Å². The minimum Gasteiger partial charge on any atom is -0.389 e. The first-order valence-corrected chi connectivity index (χ1v) is 6.37. The Kier molecular flexibility index (Phi) is 4.55. The van der Waals surface area contributed by atoms with Crippen molar-refractivity contribution in [1.82, 2.24) is 4.72 Å². The molecule has 0 fully saturated rings. The summed E-state index contributed by atoms with van der Waals surface area (Å²) in [5.41, 5.74) is 0.554. The van der Waals surface area contributed by atoms with Crippen molar-refractivity contribution in [2.45, 2.75) is 24.3 Å². The van der Waals surface area contributed by atoms with Crippen LogP contribution in [0.15, 0.2) is 29.2 Å². The Morgan fingerprint density at radius 2 is 1.82 bits per heavy atom. The third kappa shape index (κ3) is 4.03. The van der Waals surface area contributed by atoms with Gasteiger partial charge in [-0.1, -0.05) is 12.1 Å². The molecule has 1 rings (SSSR count). The molecule has 1 aromatic carbocycles. The Morgan fingerprint density at radius 1 is 1.29 bits per heavy atom. The van der Waals surface area contributed by atoms with E-state index in [0.717, 1.165) is 0 Å². The number of benzene rings is 1. The van der Waals surface area contributed by atoms with E-state index >= 15 is 0 Å². The molecule has 1 atom stereocenters. The second-order valence-corrected chi connectivity index (χ2v) is 5.25. The number of hydrogen-bond donors (Lipinski definition) is 2. The van der Waals surface area contributed by atoms with Gasteiger partial charge in [0.1, 0.15) is 0 Å². The third-order valence-electron chi connectivity index (χ3n) is 2.10. The fourth-order valence-corrected chi connectivity index (χ4v) is 2.19. The van der Waals surface area contributed by atoms with Crippen LogP contribution in [0.3, 0.4) is 0 Å². The maximum Gasteiger partial charge on any atom is 0.251 e. The number of aliphatic hydroxyl groups is 1. The molecule has 2 N–H and O–H groups in total. The lowest BCUT2D eigenvalue weighted by molar-refractivity contribution is 0.153. The molecule has 0 aromatic heterocycles. The lowest BCUT2D eigenvalue weighted by Gasteiger charge is -2.08. The van der Waals surface area contributed by atoms with Crippen LogP contribution in [0.5, 0.6) is 0 Å². The van der Waals surface area contributed by atoms with E-state index < -0.39 is 29.1 Å². The summed E-state index contributed by atoms with van der Waals surface area (Å²) in [5.74, 6) is 0. The lowest BCUT2D eigenvalue weighted by Crippen LogP contribution is -2.28. The maximum atomic E-state index is 11.9. The van der Waals surface area contributed by atoms with Crippen LogP contribution in [0.25, 0.3) is 0 Å². The van der Waals surface area contributed by atoms with Crippen molar-refractivity contribution < 1.29 is 22.3 Å². The second kappa shape index (κ2) is 5.52. The van der Waals surface area contributed by atoms with Crippen LogP contribution in [0.1, 0.15) is 18.6 Å². The van der Waals surface area contributed by atoms with Gasteiger partial charge in [-0.2, -0.15) is 0 Å². The lowest BCUT2D eigenvalue weighted by atomic mass is 10.1. The number of hydrogen-bond acceptors (Lipinski definition) is 3. The molecule has 0 aliphatic rings. The normalized spacial score (nSPS) is 13.9. The predicted molar refractivity (Wildman–Crippen MR) is 58.3 cm³/mol. The van der Waals surface area contributed by atoms with Crippen molar-refractivity contribution in [3.05, 3.63) is 29.8 Å². The van der Waals surface area contributed by atoms with E-state index in [0.29, 0.717) is 5.56 Å². The Bertz CT molecular complexity index is 457. The van der Waals surface area contributed by atoms with Gasteiger partial charge < -0.3 is 5.11 Å². The van der Waals surface area contributed by atoms with Crippen LogP contribution >= 0.6 is 0 Å². The second-order valence-electron chi connectivity index (χ2n) is 3.49. The molecule has 0 saturated carbocycles. The van der Waals surface area contributed by atoms with Crippen LogP contribution in [0.4, 0.5) is 8.78 Å². The summed E-state index contributed by atoms with van der Waals surface area (Å²) < 4.78 is 48.6. The molecule has 0 heterocycles. The number of halogens is 2. The van der Waals surface area contributed by atoms with Crippen LogP contribution in [0, 0.1) is 0 Å². The van der Waals surface area contributed by atoms with Crippen molar-refractivity contribution in [3.63, 3.8) is 0 Å². The number of aliphatic hydroxyl groups excluding tert-OH is 1. The Hall–Kier alpha value is -1.05. The first kappa shape index (κ1) is 14.0. The summed E-state index contributed by atoms with van der Waals surface area (Å²) >= 11 is 0. The molecule has 1 unspecified atom stereocenters. The van der Waals surface area contributed by atoms with Gasteiger partial charge in [0, 0.05) is 0 Å². The van der Waals surface area contributed by atoms with E-state index in [1.54, 1.807) is 11.6 Å². The van der Waals surface area contributed by atoms with E-state index in [1.165, 1.54) is 24.3 Å². The zero-order chi connectivity index (χ0) is 13.1. The molecule has 1 aromatic rings. The number of sulfonamides is 1. The van der Waals surface area contributed by atoms with Crippen LogP contribution in [-0.4, -0.2) is 26.5 Å². The smallest absolute Gasteiger partial charge is 0.251 e. The van der Waals surface area contributed by atoms with E-state index in [-0.39, 0.29) is 4.90 Å². The first-order valence-electron chi connectivity index (χ1n) is 4.89. The van der Waals surface area contributed by atoms with Crippen LogP contribution in [-0.2, 0) is 10.0 Å². The molecule has 0 bridgehead atoms. The van der Waals surface area contributed by atoms with Gasteiger partial charge in [0.15, 0.2) is 0 Å². The SMILES string of the molecule is CC(O)c1ccc(S(=O)(=O)NCC(F)F)cc1. The topological polar surface area (TPSA) is 66.4 Å². The van der Waals surface area contributed by atoms with E-state index in [2.05, 4.69) is 0 Å².